The van der Waals surface area contributed by atoms with Gasteiger partial charge in [0.1, 0.15) is 5.37 Å². The van der Waals surface area contributed by atoms with Crippen molar-refractivity contribution >= 4 is 23.5 Å². The summed E-state index contributed by atoms with van der Waals surface area (Å²) in [7, 11) is 0. The maximum absolute atomic E-state index is 12.9. The summed E-state index contributed by atoms with van der Waals surface area (Å²) in [4.78, 5) is 26.4. The van der Waals surface area contributed by atoms with Gasteiger partial charge in [-0.3, -0.25) is 9.59 Å². The SMILES string of the molecule is Cc1ccc(S[C@H](NC(=O)c2ccccc2)C(=O)c2ccccc2)cc1. The Hall–Kier alpha value is -2.85. The highest BCUT2D eigenvalue weighted by atomic mass is 32.2. The van der Waals surface area contributed by atoms with E-state index in [2.05, 4.69) is 5.32 Å². The molecule has 26 heavy (non-hydrogen) atoms. The molecule has 3 aromatic carbocycles. The number of thioether (sulfide) groups is 1. The number of carbonyl (C=O) groups is 2. The molecule has 1 amide bonds. The Morgan fingerprint density at radius 3 is 1.88 bits per heavy atom. The summed E-state index contributed by atoms with van der Waals surface area (Å²) in [6.45, 7) is 2.01. The van der Waals surface area contributed by atoms with E-state index < -0.39 is 5.37 Å². The number of hydrogen-bond donors (Lipinski definition) is 1. The molecule has 0 saturated heterocycles. The Labute approximate surface area is 157 Å². The first kappa shape index (κ1) is 18.0. The first-order chi connectivity index (χ1) is 12.6. The summed E-state index contributed by atoms with van der Waals surface area (Å²) in [6, 6.07) is 25.8. The number of carbonyl (C=O) groups excluding carboxylic acids is 2. The van der Waals surface area contributed by atoms with Crippen LogP contribution in [-0.2, 0) is 0 Å². The van der Waals surface area contributed by atoms with Gasteiger partial charge >= 0.3 is 0 Å². The van der Waals surface area contributed by atoms with Crippen molar-refractivity contribution in [3.8, 4) is 0 Å². The second-order valence-electron chi connectivity index (χ2n) is 5.88. The summed E-state index contributed by atoms with van der Waals surface area (Å²) in [5, 5.41) is 2.17. The molecule has 0 heterocycles. The Morgan fingerprint density at radius 2 is 1.31 bits per heavy atom. The standard InChI is InChI=1S/C22H19NO2S/c1-16-12-14-19(15-13-16)26-22(20(24)17-8-4-2-5-9-17)23-21(25)18-10-6-3-7-11-18/h2-15,22H,1H3,(H,23,25)/t22-/m0/s1. The van der Waals surface area contributed by atoms with E-state index in [1.807, 2.05) is 55.5 Å². The van der Waals surface area contributed by atoms with Crippen LogP contribution in [-0.4, -0.2) is 17.1 Å². The van der Waals surface area contributed by atoms with Gasteiger partial charge in [-0.05, 0) is 31.2 Å². The monoisotopic (exact) mass is 361 g/mol. The first-order valence-corrected chi connectivity index (χ1v) is 9.20. The Morgan fingerprint density at radius 1 is 0.769 bits per heavy atom. The van der Waals surface area contributed by atoms with Gasteiger partial charge in [0.15, 0.2) is 5.78 Å². The molecule has 0 radical (unpaired) electrons. The van der Waals surface area contributed by atoms with Crippen molar-refractivity contribution in [3.05, 3.63) is 102 Å². The molecular formula is C22H19NO2S. The van der Waals surface area contributed by atoms with Gasteiger partial charge in [0.05, 0.1) is 0 Å². The van der Waals surface area contributed by atoms with Crippen LogP contribution < -0.4 is 5.32 Å². The van der Waals surface area contributed by atoms with Crippen LogP contribution in [0.15, 0.2) is 89.8 Å². The van der Waals surface area contributed by atoms with Gasteiger partial charge in [-0.1, -0.05) is 78.0 Å². The molecule has 0 unspecified atom stereocenters. The molecule has 0 aliphatic carbocycles. The first-order valence-electron chi connectivity index (χ1n) is 8.32. The molecule has 0 aliphatic rings. The molecule has 0 fully saturated rings. The number of amides is 1. The fourth-order valence-corrected chi connectivity index (χ4v) is 3.42. The van der Waals surface area contributed by atoms with Gasteiger partial charge in [-0.2, -0.15) is 0 Å². The van der Waals surface area contributed by atoms with E-state index in [9.17, 15) is 9.59 Å². The molecule has 3 rings (SSSR count). The molecular weight excluding hydrogens is 342 g/mol. The zero-order valence-electron chi connectivity index (χ0n) is 14.4. The number of nitrogens with one attached hydrogen (secondary N) is 1. The minimum Gasteiger partial charge on any atom is -0.333 e. The molecule has 0 spiro atoms. The minimum atomic E-state index is -0.701. The highest BCUT2D eigenvalue weighted by Gasteiger charge is 2.23. The quantitative estimate of drug-likeness (QED) is 0.392. The van der Waals surface area contributed by atoms with Crippen LogP contribution in [0.1, 0.15) is 26.3 Å². The Kier molecular flexibility index (Phi) is 5.87. The summed E-state index contributed by atoms with van der Waals surface area (Å²) in [5.74, 6) is -0.389. The number of ketones is 1. The van der Waals surface area contributed by atoms with Crippen LogP contribution in [0.5, 0.6) is 0 Å². The van der Waals surface area contributed by atoms with Gasteiger partial charge in [-0.15, -0.1) is 0 Å². The van der Waals surface area contributed by atoms with Crippen molar-refractivity contribution in [2.24, 2.45) is 0 Å². The van der Waals surface area contributed by atoms with E-state index in [4.69, 9.17) is 0 Å². The molecule has 0 aliphatic heterocycles. The van der Waals surface area contributed by atoms with Crippen LogP contribution in [0.2, 0.25) is 0 Å². The van der Waals surface area contributed by atoms with Gasteiger partial charge in [-0.25, -0.2) is 0 Å². The predicted octanol–water partition coefficient (Wildman–Crippen LogP) is 4.73. The average Bonchev–Trinajstić information content (AvgIpc) is 2.70. The van der Waals surface area contributed by atoms with Crippen molar-refractivity contribution < 1.29 is 9.59 Å². The third-order valence-electron chi connectivity index (χ3n) is 3.87. The van der Waals surface area contributed by atoms with E-state index in [1.165, 1.54) is 11.8 Å². The fourth-order valence-electron chi connectivity index (χ4n) is 2.45. The summed E-state index contributed by atoms with van der Waals surface area (Å²) in [6.07, 6.45) is 0. The Bertz CT molecular complexity index is 877. The summed E-state index contributed by atoms with van der Waals surface area (Å²) < 4.78 is 0. The lowest BCUT2D eigenvalue weighted by molar-refractivity contribution is 0.0892. The van der Waals surface area contributed by atoms with E-state index in [0.29, 0.717) is 11.1 Å². The number of benzene rings is 3. The molecule has 0 aromatic heterocycles. The molecule has 130 valence electrons. The van der Waals surface area contributed by atoms with Crippen LogP contribution >= 0.6 is 11.8 Å². The van der Waals surface area contributed by atoms with E-state index >= 15 is 0 Å². The number of hydrogen-bond acceptors (Lipinski definition) is 3. The molecule has 1 N–H and O–H groups in total. The van der Waals surface area contributed by atoms with Gasteiger partial charge in [0.2, 0.25) is 0 Å². The van der Waals surface area contributed by atoms with Crippen molar-refractivity contribution in [3.63, 3.8) is 0 Å². The normalized spacial score (nSPS) is 11.6. The van der Waals surface area contributed by atoms with Crippen LogP contribution in [0.3, 0.4) is 0 Å². The highest BCUT2D eigenvalue weighted by molar-refractivity contribution is 8.00. The molecule has 3 aromatic rings. The van der Waals surface area contributed by atoms with Gasteiger partial charge < -0.3 is 5.32 Å². The predicted molar refractivity (Wildman–Crippen MR) is 106 cm³/mol. The van der Waals surface area contributed by atoms with Crippen molar-refractivity contribution in [1.82, 2.24) is 5.32 Å². The molecule has 4 heteroatoms. The lowest BCUT2D eigenvalue weighted by Crippen LogP contribution is -2.38. The van der Waals surface area contributed by atoms with E-state index in [0.717, 1.165) is 10.5 Å². The molecule has 3 nitrogen and oxygen atoms in total. The average molecular weight is 361 g/mol. The van der Waals surface area contributed by atoms with Gasteiger partial charge in [0.25, 0.3) is 5.91 Å². The maximum Gasteiger partial charge on any atom is 0.252 e. The maximum atomic E-state index is 12.9. The minimum absolute atomic E-state index is 0.125. The third-order valence-corrected chi connectivity index (χ3v) is 4.98. The Balaban J connectivity index is 1.84. The molecule has 0 saturated carbocycles. The smallest absolute Gasteiger partial charge is 0.252 e. The van der Waals surface area contributed by atoms with E-state index in [-0.39, 0.29) is 11.7 Å². The highest BCUT2D eigenvalue weighted by Crippen LogP contribution is 2.25. The fraction of sp³-hybridized carbons (Fsp3) is 0.0909. The lowest BCUT2D eigenvalue weighted by Gasteiger charge is -2.18. The number of Topliss-reactive ketones (excluding diaryl/α,β-unsaturated/α-hetero) is 1. The molecule has 1 atom stereocenters. The van der Waals surface area contributed by atoms with Crippen molar-refractivity contribution in [2.45, 2.75) is 17.2 Å². The largest absolute Gasteiger partial charge is 0.333 e. The second-order valence-corrected chi connectivity index (χ2v) is 7.06. The topological polar surface area (TPSA) is 46.2 Å². The zero-order valence-corrected chi connectivity index (χ0v) is 15.2. The second kappa shape index (κ2) is 8.50. The third kappa shape index (κ3) is 4.61. The van der Waals surface area contributed by atoms with Crippen LogP contribution in [0.25, 0.3) is 0 Å². The van der Waals surface area contributed by atoms with Crippen LogP contribution in [0.4, 0.5) is 0 Å². The van der Waals surface area contributed by atoms with E-state index in [1.54, 1.807) is 36.4 Å². The summed E-state index contributed by atoms with van der Waals surface area (Å²) >= 11 is 1.34. The van der Waals surface area contributed by atoms with Crippen molar-refractivity contribution in [2.75, 3.05) is 0 Å². The summed E-state index contributed by atoms with van der Waals surface area (Å²) in [5.41, 5.74) is 2.25. The van der Waals surface area contributed by atoms with Gasteiger partial charge in [0, 0.05) is 16.0 Å². The zero-order chi connectivity index (χ0) is 18.4. The van der Waals surface area contributed by atoms with Crippen molar-refractivity contribution in [1.29, 1.82) is 0 Å². The molecule has 0 bridgehead atoms. The number of rotatable bonds is 6. The number of aryl methyl sites for hydroxylation is 1. The van der Waals surface area contributed by atoms with Crippen LogP contribution in [0, 0.1) is 6.92 Å². The lowest BCUT2D eigenvalue weighted by atomic mass is 10.1.